The topological polar surface area (TPSA) is 40.7 Å². The second-order valence-corrected chi connectivity index (χ2v) is 4.50. The summed E-state index contributed by atoms with van der Waals surface area (Å²) in [5.41, 5.74) is 1.36. The molecule has 3 rings (SSSR count). The number of hydrogen-bond acceptors (Lipinski definition) is 2. The molecule has 1 aliphatic carbocycles. The van der Waals surface area contributed by atoms with Gasteiger partial charge in [0.2, 0.25) is 0 Å². The summed E-state index contributed by atoms with van der Waals surface area (Å²) < 4.78 is 0. The highest BCUT2D eigenvalue weighted by Gasteiger charge is 2.24. The second-order valence-electron chi connectivity index (χ2n) is 4.50. The van der Waals surface area contributed by atoms with Crippen LogP contribution in [0.25, 0.3) is 0 Å². The Morgan fingerprint density at radius 1 is 1.21 bits per heavy atom. The Hall–Kier alpha value is -0.830. The Labute approximate surface area is 84.3 Å². The molecule has 0 spiro atoms. The van der Waals surface area contributed by atoms with E-state index in [-0.39, 0.29) is 0 Å². The van der Waals surface area contributed by atoms with E-state index in [1.54, 1.807) is 0 Å². The molecule has 1 aromatic heterocycles. The fourth-order valence-electron chi connectivity index (χ4n) is 2.37. The lowest BCUT2D eigenvalue weighted by Gasteiger charge is -2.23. The second kappa shape index (κ2) is 3.39. The average molecular weight is 191 g/mol. The fourth-order valence-corrected chi connectivity index (χ4v) is 2.37. The molecule has 0 bridgehead atoms. The molecule has 1 aliphatic heterocycles. The van der Waals surface area contributed by atoms with E-state index in [1.807, 2.05) is 6.20 Å². The molecule has 1 saturated carbocycles. The number of nitrogens with one attached hydrogen (secondary N) is 2. The predicted octanol–water partition coefficient (Wildman–Crippen LogP) is 2.10. The van der Waals surface area contributed by atoms with E-state index in [2.05, 4.69) is 15.3 Å². The first kappa shape index (κ1) is 8.48. The molecular formula is C11H17N3. The first-order valence-electron chi connectivity index (χ1n) is 5.71. The zero-order valence-electron chi connectivity index (χ0n) is 8.42. The first-order chi connectivity index (χ1) is 6.93. The third-order valence-corrected chi connectivity index (χ3v) is 3.55. The molecule has 0 radical (unpaired) electrons. The largest absolute Gasteiger partial charge is 0.344 e. The number of aromatic nitrogens is 2. The first-order valence-corrected chi connectivity index (χ1v) is 5.71. The lowest BCUT2D eigenvalue weighted by atomic mass is 9.83. The Morgan fingerprint density at radius 3 is 2.79 bits per heavy atom. The lowest BCUT2D eigenvalue weighted by molar-refractivity contribution is 0.411. The summed E-state index contributed by atoms with van der Waals surface area (Å²) in [5.74, 6) is 1.93. The van der Waals surface area contributed by atoms with E-state index in [0.717, 1.165) is 18.3 Å². The third-order valence-electron chi connectivity index (χ3n) is 3.55. The number of aromatic amines is 1. The molecule has 2 N–H and O–H groups in total. The van der Waals surface area contributed by atoms with Crippen LogP contribution in [-0.4, -0.2) is 16.5 Å². The highest BCUT2D eigenvalue weighted by molar-refractivity contribution is 5.12. The number of imidazole rings is 1. The van der Waals surface area contributed by atoms with Gasteiger partial charge in [0.25, 0.3) is 0 Å². The van der Waals surface area contributed by atoms with Crippen molar-refractivity contribution < 1.29 is 0 Å². The summed E-state index contributed by atoms with van der Waals surface area (Å²) in [4.78, 5) is 7.97. The van der Waals surface area contributed by atoms with Crippen molar-refractivity contribution in [2.45, 2.75) is 44.1 Å². The fraction of sp³-hybridized carbons (Fsp3) is 0.727. The van der Waals surface area contributed by atoms with E-state index in [4.69, 9.17) is 0 Å². The molecular weight excluding hydrogens is 174 g/mol. The summed E-state index contributed by atoms with van der Waals surface area (Å²) >= 11 is 0. The summed E-state index contributed by atoms with van der Waals surface area (Å²) in [5, 5.41) is 3.47. The molecule has 2 aliphatic rings. The SMILES string of the molecule is c1nc(C2CCCN2)[nH]c1C1CCC1. The predicted molar refractivity (Wildman–Crippen MR) is 55.2 cm³/mol. The van der Waals surface area contributed by atoms with Crippen LogP contribution in [0.4, 0.5) is 0 Å². The van der Waals surface area contributed by atoms with Gasteiger partial charge >= 0.3 is 0 Å². The number of hydrogen-bond donors (Lipinski definition) is 2. The van der Waals surface area contributed by atoms with Crippen LogP contribution in [0.1, 0.15) is 55.6 Å². The Kier molecular flexibility index (Phi) is 2.05. The standard InChI is InChI=1S/C11H17N3/c1-3-8(4-1)10-7-13-11(14-10)9-5-2-6-12-9/h7-9,12H,1-6H2,(H,13,14). The van der Waals surface area contributed by atoms with Gasteiger partial charge in [-0.05, 0) is 32.2 Å². The van der Waals surface area contributed by atoms with Gasteiger partial charge in [-0.25, -0.2) is 4.98 Å². The van der Waals surface area contributed by atoms with E-state index < -0.39 is 0 Å². The van der Waals surface area contributed by atoms with Crippen molar-refractivity contribution in [3.8, 4) is 0 Å². The van der Waals surface area contributed by atoms with Crippen molar-refractivity contribution in [2.24, 2.45) is 0 Å². The molecule has 14 heavy (non-hydrogen) atoms. The van der Waals surface area contributed by atoms with Crippen LogP contribution in [0, 0.1) is 0 Å². The zero-order valence-corrected chi connectivity index (χ0v) is 8.42. The van der Waals surface area contributed by atoms with Crippen molar-refractivity contribution in [2.75, 3.05) is 6.54 Å². The van der Waals surface area contributed by atoms with E-state index in [9.17, 15) is 0 Å². The van der Waals surface area contributed by atoms with Crippen molar-refractivity contribution in [1.82, 2.24) is 15.3 Å². The Bertz CT molecular complexity index is 308. The minimum Gasteiger partial charge on any atom is -0.344 e. The van der Waals surface area contributed by atoms with Gasteiger partial charge in [-0.2, -0.15) is 0 Å². The quantitative estimate of drug-likeness (QED) is 0.751. The minimum atomic E-state index is 0.490. The van der Waals surface area contributed by atoms with Gasteiger partial charge in [0.15, 0.2) is 0 Å². The Morgan fingerprint density at radius 2 is 2.14 bits per heavy atom. The average Bonchev–Trinajstić information content (AvgIpc) is 2.65. The minimum absolute atomic E-state index is 0.490. The number of nitrogens with zero attached hydrogens (tertiary/aromatic N) is 1. The molecule has 3 nitrogen and oxygen atoms in total. The molecule has 2 fully saturated rings. The van der Waals surface area contributed by atoms with Gasteiger partial charge in [-0.3, -0.25) is 0 Å². The third kappa shape index (κ3) is 1.36. The maximum absolute atomic E-state index is 4.48. The molecule has 0 amide bonds. The van der Waals surface area contributed by atoms with Crippen molar-refractivity contribution in [1.29, 1.82) is 0 Å². The van der Waals surface area contributed by atoms with Crippen LogP contribution in [-0.2, 0) is 0 Å². The van der Waals surface area contributed by atoms with Crippen molar-refractivity contribution in [3.05, 3.63) is 17.7 Å². The van der Waals surface area contributed by atoms with Crippen LogP contribution in [0.2, 0.25) is 0 Å². The van der Waals surface area contributed by atoms with Gasteiger partial charge < -0.3 is 10.3 Å². The smallest absolute Gasteiger partial charge is 0.123 e. The normalized spacial score (nSPS) is 27.9. The van der Waals surface area contributed by atoms with Gasteiger partial charge in [-0.15, -0.1) is 0 Å². The van der Waals surface area contributed by atoms with Gasteiger partial charge in [0.1, 0.15) is 5.82 Å². The van der Waals surface area contributed by atoms with E-state index >= 15 is 0 Å². The zero-order chi connectivity index (χ0) is 9.38. The lowest BCUT2D eigenvalue weighted by Crippen LogP contribution is -2.15. The molecule has 1 aromatic rings. The maximum Gasteiger partial charge on any atom is 0.123 e. The monoisotopic (exact) mass is 191 g/mol. The molecule has 76 valence electrons. The molecule has 2 heterocycles. The van der Waals surface area contributed by atoms with E-state index in [0.29, 0.717) is 6.04 Å². The van der Waals surface area contributed by atoms with Crippen LogP contribution < -0.4 is 5.32 Å². The van der Waals surface area contributed by atoms with Gasteiger partial charge in [0, 0.05) is 17.8 Å². The van der Waals surface area contributed by atoms with Crippen molar-refractivity contribution in [3.63, 3.8) is 0 Å². The van der Waals surface area contributed by atoms with Gasteiger partial charge in [0.05, 0.1) is 6.04 Å². The summed E-state index contributed by atoms with van der Waals surface area (Å²) in [6.07, 6.45) is 8.64. The molecule has 1 saturated heterocycles. The number of rotatable bonds is 2. The molecule has 1 unspecified atom stereocenters. The highest BCUT2D eigenvalue weighted by Crippen LogP contribution is 2.35. The van der Waals surface area contributed by atoms with E-state index in [1.165, 1.54) is 37.8 Å². The highest BCUT2D eigenvalue weighted by atomic mass is 15.0. The number of H-pyrrole nitrogens is 1. The molecule has 1 atom stereocenters. The summed E-state index contributed by atoms with van der Waals surface area (Å²) in [6.45, 7) is 1.14. The summed E-state index contributed by atoms with van der Waals surface area (Å²) in [7, 11) is 0. The molecule has 3 heteroatoms. The summed E-state index contributed by atoms with van der Waals surface area (Å²) in [6, 6.07) is 0.490. The van der Waals surface area contributed by atoms with Crippen LogP contribution in [0.5, 0.6) is 0 Å². The van der Waals surface area contributed by atoms with Crippen LogP contribution >= 0.6 is 0 Å². The van der Waals surface area contributed by atoms with Crippen LogP contribution in [0.15, 0.2) is 6.20 Å². The van der Waals surface area contributed by atoms with Gasteiger partial charge in [-0.1, -0.05) is 6.42 Å². The maximum atomic E-state index is 4.48. The van der Waals surface area contributed by atoms with Crippen LogP contribution in [0.3, 0.4) is 0 Å². The Balaban J connectivity index is 1.75. The van der Waals surface area contributed by atoms with Crippen molar-refractivity contribution >= 4 is 0 Å². The molecule has 0 aromatic carbocycles.